The number of esters is 2. The van der Waals surface area contributed by atoms with Crippen molar-refractivity contribution in [3.8, 4) is 0 Å². The molecule has 152 valence electrons. The topological polar surface area (TPSA) is 61.8 Å². The molecule has 0 unspecified atom stereocenters. The van der Waals surface area contributed by atoms with E-state index in [0.717, 1.165) is 5.56 Å². The van der Waals surface area contributed by atoms with Gasteiger partial charge >= 0.3 is 11.9 Å². The quantitative estimate of drug-likeness (QED) is 0.327. The summed E-state index contributed by atoms with van der Waals surface area (Å²) in [5.74, 6) is -1.26. The van der Waals surface area contributed by atoms with Crippen LogP contribution in [0.2, 0.25) is 18.1 Å². The molecule has 0 aliphatic carbocycles. The molecule has 0 aliphatic rings. The van der Waals surface area contributed by atoms with E-state index in [0.29, 0.717) is 19.4 Å². The van der Waals surface area contributed by atoms with Crippen LogP contribution in [0.15, 0.2) is 30.3 Å². The van der Waals surface area contributed by atoms with Gasteiger partial charge in [0.05, 0.1) is 19.4 Å². The third-order valence-electron chi connectivity index (χ3n) is 5.16. The van der Waals surface area contributed by atoms with Crippen molar-refractivity contribution in [2.45, 2.75) is 64.8 Å². The molecule has 1 aromatic rings. The van der Waals surface area contributed by atoms with Gasteiger partial charge in [-0.3, -0.25) is 9.59 Å². The van der Waals surface area contributed by atoms with Gasteiger partial charge in [-0.15, -0.1) is 0 Å². The average molecular weight is 395 g/mol. The molecule has 0 saturated carbocycles. The van der Waals surface area contributed by atoms with Gasteiger partial charge in [0.15, 0.2) is 8.32 Å². The molecule has 1 atom stereocenters. The van der Waals surface area contributed by atoms with Gasteiger partial charge in [-0.25, -0.2) is 0 Å². The molecule has 0 spiro atoms. The SMILES string of the molecule is COC(=O)[C@H](CCCO[Si](C)(C)C(C)(C)C)CC(=O)OCc1ccccc1. The molecule has 0 amide bonds. The number of methoxy groups -OCH3 is 1. The van der Waals surface area contributed by atoms with Crippen molar-refractivity contribution >= 4 is 20.3 Å². The van der Waals surface area contributed by atoms with E-state index in [1.807, 2.05) is 30.3 Å². The highest BCUT2D eigenvalue weighted by Gasteiger charge is 2.37. The van der Waals surface area contributed by atoms with Crippen LogP contribution in [0.4, 0.5) is 0 Å². The highest BCUT2D eigenvalue weighted by molar-refractivity contribution is 6.74. The van der Waals surface area contributed by atoms with Crippen LogP contribution >= 0.6 is 0 Å². The van der Waals surface area contributed by atoms with E-state index in [1.54, 1.807) is 0 Å². The van der Waals surface area contributed by atoms with E-state index in [1.165, 1.54) is 7.11 Å². The van der Waals surface area contributed by atoms with Crippen LogP contribution in [-0.4, -0.2) is 34.0 Å². The Hall–Kier alpha value is -1.66. The Morgan fingerprint density at radius 2 is 1.74 bits per heavy atom. The van der Waals surface area contributed by atoms with E-state index >= 15 is 0 Å². The minimum Gasteiger partial charge on any atom is -0.469 e. The van der Waals surface area contributed by atoms with Gasteiger partial charge in [-0.1, -0.05) is 51.1 Å². The van der Waals surface area contributed by atoms with Crippen LogP contribution in [0.3, 0.4) is 0 Å². The third kappa shape index (κ3) is 8.26. The van der Waals surface area contributed by atoms with Crippen LogP contribution in [0, 0.1) is 5.92 Å². The molecule has 0 aromatic heterocycles. The number of carbonyl (C=O) groups excluding carboxylic acids is 2. The summed E-state index contributed by atoms with van der Waals surface area (Å²) in [4.78, 5) is 24.1. The van der Waals surface area contributed by atoms with E-state index < -0.39 is 14.2 Å². The first-order valence-corrected chi connectivity index (χ1v) is 12.4. The molecule has 0 aliphatic heterocycles. The molecule has 0 heterocycles. The van der Waals surface area contributed by atoms with Gasteiger partial charge < -0.3 is 13.9 Å². The Bertz CT molecular complexity index is 592. The van der Waals surface area contributed by atoms with Crippen LogP contribution in [0.1, 0.15) is 45.6 Å². The maximum Gasteiger partial charge on any atom is 0.309 e. The predicted octanol–water partition coefficient (Wildman–Crippen LogP) is 4.71. The number of hydrogen-bond acceptors (Lipinski definition) is 5. The van der Waals surface area contributed by atoms with E-state index in [9.17, 15) is 9.59 Å². The minimum absolute atomic E-state index is 0.0274. The lowest BCUT2D eigenvalue weighted by Crippen LogP contribution is -2.41. The standard InChI is InChI=1S/C21H34O5Si/c1-21(2,3)27(5,6)26-14-10-13-18(20(23)24-4)15-19(22)25-16-17-11-8-7-9-12-17/h7-9,11-12,18H,10,13-16H2,1-6H3/t18-/m1/s1. The first-order chi connectivity index (χ1) is 12.6. The highest BCUT2D eigenvalue weighted by atomic mass is 28.4. The molecule has 1 rings (SSSR count). The van der Waals surface area contributed by atoms with Gasteiger partial charge in [0, 0.05) is 6.61 Å². The predicted molar refractivity (Wildman–Crippen MR) is 109 cm³/mol. The van der Waals surface area contributed by atoms with Crippen molar-refractivity contribution in [1.82, 2.24) is 0 Å². The fourth-order valence-electron chi connectivity index (χ4n) is 2.34. The Morgan fingerprint density at radius 1 is 1.11 bits per heavy atom. The third-order valence-corrected chi connectivity index (χ3v) is 9.69. The fraction of sp³-hybridized carbons (Fsp3) is 0.619. The highest BCUT2D eigenvalue weighted by Crippen LogP contribution is 2.36. The van der Waals surface area contributed by atoms with E-state index in [-0.39, 0.29) is 30.0 Å². The van der Waals surface area contributed by atoms with Crippen molar-refractivity contribution < 1.29 is 23.5 Å². The zero-order valence-electron chi connectivity index (χ0n) is 17.5. The summed E-state index contributed by atoms with van der Waals surface area (Å²) in [6.07, 6.45) is 1.28. The molecular weight excluding hydrogens is 360 g/mol. The van der Waals surface area contributed by atoms with Crippen molar-refractivity contribution in [3.63, 3.8) is 0 Å². The van der Waals surface area contributed by atoms with Crippen molar-refractivity contribution in [3.05, 3.63) is 35.9 Å². The molecular formula is C21H34O5Si. The maximum absolute atomic E-state index is 12.1. The van der Waals surface area contributed by atoms with Gasteiger partial charge in [-0.2, -0.15) is 0 Å². The summed E-state index contributed by atoms with van der Waals surface area (Å²) < 4.78 is 16.3. The minimum atomic E-state index is -1.80. The Labute approximate surface area is 164 Å². The lowest BCUT2D eigenvalue weighted by molar-refractivity contribution is -0.154. The summed E-state index contributed by atoms with van der Waals surface area (Å²) in [7, 11) is -0.458. The molecule has 0 radical (unpaired) electrons. The first-order valence-electron chi connectivity index (χ1n) is 9.48. The maximum atomic E-state index is 12.1. The molecule has 5 nitrogen and oxygen atoms in total. The van der Waals surface area contributed by atoms with Crippen molar-refractivity contribution in [2.24, 2.45) is 5.92 Å². The first kappa shape index (κ1) is 23.4. The zero-order chi connectivity index (χ0) is 20.5. The summed E-state index contributed by atoms with van der Waals surface area (Å²) >= 11 is 0. The number of rotatable bonds is 10. The monoisotopic (exact) mass is 394 g/mol. The second kappa shape index (κ2) is 10.6. The van der Waals surface area contributed by atoms with Crippen molar-refractivity contribution in [1.29, 1.82) is 0 Å². The summed E-state index contributed by atoms with van der Waals surface area (Å²) in [5.41, 5.74) is 0.920. The molecule has 27 heavy (non-hydrogen) atoms. The van der Waals surface area contributed by atoms with Gasteiger partial charge in [-0.05, 0) is 36.5 Å². The Balaban J connectivity index is 2.46. The molecule has 0 bridgehead atoms. The summed E-state index contributed by atoms with van der Waals surface area (Å²) in [6, 6.07) is 9.47. The Kier molecular flexibility index (Phi) is 9.19. The smallest absolute Gasteiger partial charge is 0.309 e. The lowest BCUT2D eigenvalue weighted by atomic mass is 10.00. The van der Waals surface area contributed by atoms with Crippen LogP contribution in [0.25, 0.3) is 0 Å². The van der Waals surface area contributed by atoms with Crippen LogP contribution < -0.4 is 0 Å². The Morgan fingerprint density at radius 3 is 2.30 bits per heavy atom. The molecule has 0 saturated heterocycles. The second-order valence-corrected chi connectivity index (χ2v) is 13.1. The van der Waals surface area contributed by atoms with Gasteiger partial charge in [0.25, 0.3) is 0 Å². The molecule has 0 N–H and O–H groups in total. The van der Waals surface area contributed by atoms with Gasteiger partial charge in [0.1, 0.15) is 6.61 Å². The van der Waals surface area contributed by atoms with E-state index in [2.05, 4.69) is 33.9 Å². The summed E-state index contributed by atoms with van der Waals surface area (Å²) in [6.45, 7) is 11.8. The fourth-order valence-corrected chi connectivity index (χ4v) is 3.43. The molecule has 0 fully saturated rings. The second-order valence-electron chi connectivity index (χ2n) is 8.32. The molecule has 6 heteroatoms. The van der Waals surface area contributed by atoms with Crippen LogP contribution in [-0.2, 0) is 30.1 Å². The molecule has 1 aromatic carbocycles. The number of carbonyl (C=O) groups is 2. The summed E-state index contributed by atoms with van der Waals surface area (Å²) in [5, 5.41) is 0.149. The van der Waals surface area contributed by atoms with Crippen molar-refractivity contribution in [2.75, 3.05) is 13.7 Å². The lowest BCUT2D eigenvalue weighted by Gasteiger charge is -2.36. The van der Waals surface area contributed by atoms with Gasteiger partial charge in [0.2, 0.25) is 0 Å². The van der Waals surface area contributed by atoms with E-state index in [4.69, 9.17) is 13.9 Å². The zero-order valence-corrected chi connectivity index (χ0v) is 18.5. The normalized spacial score (nSPS) is 13.1. The number of hydrogen-bond donors (Lipinski definition) is 0. The van der Waals surface area contributed by atoms with Crippen LogP contribution in [0.5, 0.6) is 0 Å². The largest absolute Gasteiger partial charge is 0.469 e. The number of benzene rings is 1. The number of ether oxygens (including phenoxy) is 2. The average Bonchev–Trinajstić information content (AvgIpc) is 2.61.